The topological polar surface area (TPSA) is 9.23 Å². The van der Waals surface area contributed by atoms with Gasteiger partial charge in [0.05, 0.1) is 12.2 Å². The van der Waals surface area contributed by atoms with Crippen LogP contribution in [0.1, 0.15) is 39.5 Å². The van der Waals surface area contributed by atoms with Gasteiger partial charge in [-0.25, -0.2) is 0 Å². The van der Waals surface area contributed by atoms with Crippen LogP contribution in [0.25, 0.3) is 0 Å². The summed E-state index contributed by atoms with van der Waals surface area (Å²) in [6, 6.07) is 0. The summed E-state index contributed by atoms with van der Waals surface area (Å²) in [4.78, 5) is 0. The van der Waals surface area contributed by atoms with Crippen LogP contribution in [0.4, 0.5) is 0 Å². The maximum atomic E-state index is 5.99. The van der Waals surface area contributed by atoms with Gasteiger partial charge in [0.2, 0.25) is 0 Å². The summed E-state index contributed by atoms with van der Waals surface area (Å²) in [6.07, 6.45) is 6.82. The number of hydrogen-bond donors (Lipinski definition) is 0. The Labute approximate surface area is 108 Å². The predicted octanol–water partition coefficient (Wildman–Crippen LogP) is 4.16. The van der Waals surface area contributed by atoms with Gasteiger partial charge in [-0.3, -0.25) is 0 Å². The molecule has 0 radical (unpaired) electrons. The normalized spacial score (nSPS) is 24.9. The molecule has 2 heteroatoms. The van der Waals surface area contributed by atoms with Crippen LogP contribution < -0.4 is 0 Å². The van der Waals surface area contributed by atoms with Gasteiger partial charge in [-0.05, 0) is 19.8 Å². The molecule has 0 N–H and O–H groups in total. The number of ether oxygens (including phenoxy) is 1. The van der Waals surface area contributed by atoms with Gasteiger partial charge in [0.1, 0.15) is 8.07 Å². The van der Waals surface area contributed by atoms with Crippen LogP contribution in [0.3, 0.4) is 0 Å². The molecule has 1 atom stereocenters. The van der Waals surface area contributed by atoms with E-state index in [0.29, 0.717) is 0 Å². The van der Waals surface area contributed by atoms with Crippen molar-refractivity contribution in [2.24, 2.45) is 0 Å². The fraction of sp³-hybridized carbons (Fsp3) is 0.733. The molecule has 0 aromatic heterocycles. The highest BCUT2D eigenvalue weighted by Crippen LogP contribution is 2.31. The zero-order chi connectivity index (χ0) is 12.9. The van der Waals surface area contributed by atoms with Crippen molar-refractivity contribution in [2.75, 3.05) is 6.61 Å². The monoisotopic (exact) mass is 250 g/mol. The van der Waals surface area contributed by atoms with E-state index in [9.17, 15) is 0 Å². The van der Waals surface area contributed by atoms with E-state index in [2.05, 4.69) is 51.0 Å². The first-order valence-electron chi connectivity index (χ1n) is 6.75. The Balaban J connectivity index is 2.85. The molecule has 0 aliphatic carbocycles. The van der Waals surface area contributed by atoms with E-state index in [1.54, 1.807) is 0 Å². The lowest BCUT2D eigenvalue weighted by Gasteiger charge is -2.33. The highest BCUT2D eigenvalue weighted by atomic mass is 28.3. The Morgan fingerprint density at radius 3 is 2.71 bits per heavy atom. The summed E-state index contributed by atoms with van der Waals surface area (Å²) in [7, 11) is -1.29. The molecule has 17 heavy (non-hydrogen) atoms. The lowest BCUT2D eigenvalue weighted by Crippen LogP contribution is -2.34. The molecule has 1 rings (SSSR count). The molecule has 0 aromatic carbocycles. The molecular formula is C15H26OSi. The fourth-order valence-corrected chi connectivity index (χ4v) is 2.45. The minimum atomic E-state index is -1.29. The quantitative estimate of drug-likeness (QED) is 0.540. The first kappa shape index (κ1) is 14.5. The first-order valence-corrected chi connectivity index (χ1v) is 10.3. The van der Waals surface area contributed by atoms with Crippen LogP contribution in [0.5, 0.6) is 0 Å². The van der Waals surface area contributed by atoms with Crippen molar-refractivity contribution in [3.63, 3.8) is 0 Å². The Hall–Kier alpha value is -0.523. The second kappa shape index (κ2) is 5.89. The summed E-state index contributed by atoms with van der Waals surface area (Å²) in [5.74, 6) is 3.41. The largest absolute Gasteiger partial charge is 0.370 e. The average molecular weight is 250 g/mol. The predicted molar refractivity (Wildman–Crippen MR) is 77.7 cm³/mol. The lowest BCUT2D eigenvalue weighted by molar-refractivity contribution is -0.0137. The molecule has 96 valence electrons. The third-order valence-electron chi connectivity index (χ3n) is 3.04. The Morgan fingerprint density at radius 1 is 1.41 bits per heavy atom. The van der Waals surface area contributed by atoms with Crippen LogP contribution in [0.15, 0.2) is 11.6 Å². The van der Waals surface area contributed by atoms with E-state index in [4.69, 9.17) is 4.74 Å². The third-order valence-corrected chi connectivity index (χ3v) is 3.91. The molecule has 1 aliphatic rings. The van der Waals surface area contributed by atoms with Gasteiger partial charge in [-0.15, -0.1) is 5.54 Å². The van der Waals surface area contributed by atoms with Crippen LogP contribution in [-0.2, 0) is 4.74 Å². The third kappa shape index (κ3) is 4.69. The summed E-state index contributed by atoms with van der Waals surface area (Å²) in [5.41, 5.74) is 4.56. The van der Waals surface area contributed by atoms with Crippen molar-refractivity contribution in [1.29, 1.82) is 0 Å². The Kier molecular flexibility index (Phi) is 5.03. The molecular weight excluding hydrogens is 224 g/mol. The zero-order valence-corrected chi connectivity index (χ0v) is 13.0. The van der Waals surface area contributed by atoms with Gasteiger partial charge in [0.15, 0.2) is 0 Å². The Bertz CT molecular complexity index is 340. The molecule has 0 saturated carbocycles. The van der Waals surface area contributed by atoms with Crippen LogP contribution in [0, 0.1) is 11.5 Å². The zero-order valence-electron chi connectivity index (χ0n) is 12.0. The molecule has 1 heterocycles. The lowest BCUT2D eigenvalue weighted by atomic mass is 9.88. The summed E-state index contributed by atoms with van der Waals surface area (Å²) < 4.78 is 5.99. The van der Waals surface area contributed by atoms with Gasteiger partial charge < -0.3 is 4.74 Å². The molecule has 0 saturated heterocycles. The highest BCUT2D eigenvalue weighted by Gasteiger charge is 2.30. The van der Waals surface area contributed by atoms with Crippen molar-refractivity contribution in [1.82, 2.24) is 0 Å². The number of hydrogen-bond acceptors (Lipinski definition) is 1. The Morgan fingerprint density at radius 2 is 2.12 bits per heavy atom. The average Bonchev–Trinajstić information content (AvgIpc) is 2.24. The minimum Gasteiger partial charge on any atom is -0.370 e. The van der Waals surface area contributed by atoms with Crippen molar-refractivity contribution in [3.05, 3.63) is 11.6 Å². The minimum absolute atomic E-state index is 0.124. The van der Waals surface area contributed by atoms with Gasteiger partial charge in [0.25, 0.3) is 0 Å². The van der Waals surface area contributed by atoms with Crippen molar-refractivity contribution >= 4 is 8.07 Å². The van der Waals surface area contributed by atoms with Crippen LogP contribution in [-0.4, -0.2) is 20.3 Å². The molecule has 1 unspecified atom stereocenters. The highest BCUT2D eigenvalue weighted by molar-refractivity contribution is 6.83. The number of rotatable bonds is 3. The van der Waals surface area contributed by atoms with Crippen LogP contribution in [0.2, 0.25) is 19.6 Å². The SMILES string of the molecule is CCCCC1(C)OCCC=C1C#C[Si](C)(C)C. The maximum Gasteiger partial charge on any atom is 0.129 e. The standard InChI is InChI=1S/C15H26OSi/c1-6-7-11-15(2)14(9-8-12-16-15)10-13-17(3,4)5/h9H,6-8,11-12H2,1-5H3. The van der Waals surface area contributed by atoms with E-state index in [0.717, 1.165) is 19.4 Å². The smallest absolute Gasteiger partial charge is 0.129 e. The van der Waals surface area contributed by atoms with E-state index in [-0.39, 0.29) is 5.60 Å². The molecule has 0 spiro atoms. The number of unbranched alkanes of at least 4 members (excludes halogenated alkanes) is 1. The van der Waals surface area contributed by atoms with Crippen molar-refractivity contribution < 1.29 is 4.74 Å². The molecule has 1 aliphatic heterocycles. The van der Waals surface area contributed by atoms with E-state index >= 15 is 0 Å². The molecule has 0 fully saturated rings. The van der Waals surface area contributed by atoms with Gasteiger partial charge >= 0.3 is 0 Å². The second-order valence-electron chi connectivity index (χ2n) is 6.09. The van der Waals surface area contributed by atoms with E-state index in [1.165, 1.54) is 18.4 Å². The molecule has 1 nitrogen and oxygen atoms in total. The summed E-state index contributed by atoms with van der Waals surface area (Å²) >= 11 is 0. The fourth-order valence-electron chi connectivity index (χ4n) is 1.94. The summed E-state index contributed by atoms with van der Waals surface area (Å²) in [6.45, 7) is 12.1. The molecule has 0 amide bonds. The van der Waals surface area contributed by atoms with E-state index < -0.39 is 8.07 Å². The van der Waals surface area contributed by atoms with Gasteiger partial charge in [0, 0.05) is 5.57 Å². The van der Waals surface area contributed by atoms with Crippen LogP contribution >= 0.6 is 0 Å². The second-order valence-corrected chi connectivity index (χ2v) is 10.8. The molecule has 0 bridgehead atoms. The van der Waals surface area contributed by atoms with Gasteiger partial charge in [-0.2, -0.15) is 0 Å². The van der Waals surface area contributed by atoms with Crippen molar-refractivity contribution in [3.8, 4) is 11.5 Å². The molecule has 0 aromatic rings. The van der Waals surface area contributed by atoms with Crippen molar-refractivity contribution in [2.45, 2.75) is 64.8 Å². The first-order chi connectivity index (χ1) is 7.87. The van der Waals surface area contributed by atoms with E-state index in [1.807, 2.05) is 0 Å². The summed E-state index contributed by atoms with van der Waals surface area (Å²) in [5, 5.41) is 0. The van der Waals surface area contributed by atoms with Gasteiger partial charge in [-0.1, -0.05) is 51.4 Å². The maximum absolute atomic E-state index is 5.99.